The van der Waals surface area contributed by atoms with Gasteiger partial charge in [-0.05, 0) is 47.9 Å². The molecule has 0 saturated carbocycles. The minimum absolute atomic E-state index is 0.0369. The van der Waals surface area contributed by atoms with Gasteiger partial charge < -0.3 is 19.9 Å². The summed E-state index contributed by atoms with van der Waals surface area (Å²) in [6.07, 6.45) is 1.04. The molecule has 3 heterocycles. The number of aliphatic hydroxyl groups is 1. The third kappa shape index (κ3) is 4.47. The van der Waals surface area contributed by atoms with Crippen LogP contribution in [0.4, 0.5) is 11.4 Å². The predicted molar refractivity (Wildman–Crippen MR) is 166 cm³/mol. The van der Waals surface area contributed by atoms with E-state index in [2.05, 4.69) is 37.5 Å². The lowest BCUT2D eigenvalue weighted by atomic mass is 9.82. The molecule has 42 heavy (non-hydrogen) atoms. The molecule has 1 saturated heterocycles. The average molecular weight is 584 g/mol. The van der Waals surface area contributed by atoms with Crippen molar-refractivity contribution in [2.75, 3.05) is 24.0 Å². The molecule has 3 aromatic rings. The van der Waals surface area contributed by atoms with Gasteiger partial charge in [-0.25, -0.2) is 5.01 Å². The number of fused-ring (bicyclic) bond motifs is 2. The van der Waals surface area contributed by atoms with E-state index >= 15 is 0 Å². The van der Waals surface area contributed by atoms with Gasteiger partial charge in [0.05, 0.1) is 32.7 Å². The van der Waals surface area contributed by atoms with Crippen LogP contribution in [0, 0.1) is 5.92 Å². The van der Waals surface area contributed by atoms with Crippen LogP contribution in [0.2, 0.25) is 18.6 Å². The molecule has 8 nitrogen and oxygen atoms in total. The maximum Gasteiger partial charge on any atom is 0.261 e. The van der Waals surface area contributed by atoms with Gasteiger partial charge in [0.15, 0.2) is 5.60 Å². The van der Waals surface area contributed by atoms with Crippen LogP contribution < -0.4 is 20.2 Å². The standard InChI is InChI=1S/C33H37N3O5Si/c1-21-31(42(3,4)25-13-11-24(40-2)12-14-25)29(18-19-37)41-33(21)26-20-23(10-15-28(26)34-32(33)39)36-30(38)17-16-27(35-36)22-8-6-5-7-9-22/h5-15,20-21,29,31,37H,16-19H2,1-4H3,(H,34,39)/t21-,29+,31-,33+/m1/s1. The fourth-order valence-corrected chi connectivity index (χ4v) is 11.3. The Morgan fingerprint density at radius 3 is 2.50 bits per heavy atom. The van der Waals surface area contributed by atoms with E-state index in [-0.39, 0.29) is 36.0 Å². The number of hydrogen-bond donors (Lipinski definition) is 2. The highest BCUT2D eigenvalue weighted by atomic mass is 28.3. The van der Waals surface area contributed by atoms with Gasteiger partial charge in [0.2, 0.25) is 5.91 Å². The summed E-state index contributed by atoms with van der Waals surface area (Å²) in [6, 6.07) is 23.6. The number of amides is 2. The molecule has 2 amide bonds. The number of benzene rings is 3. The first kappa shape index (κ1) is 28.3. The van der Waals surface area contributed by atoms with Crippen molar-refractivity contribution < 1.29 is 24.2 Å². The van der Waals surface area contributed by atoms with Gasteiger partial charge in [0.25, 0.3) is 5.91 Å². The molecule has 2 N–H and O–H groups in total. The van der Waals surface area contributed by atoms with Crippen molar-refractivity contribution in [1.82, 2.24) is 0 Å². The Bertz CT molecular complexity index is 1540. The number of aliphatic hydroxyl groups excluding tert-OH is 1. The smallest absolute Gasteiger partial charge is 0.261 e. The Kier molecular flexibility index (Phi) is 7.28. The average Bonchev–Trinajstić information content (AvgIpc) is 3.46. The number of rotatable bonds is 7. The van der Waals surface area contributed by atoms with E-state index in [0.717, 1.165) is 22.6 Å². The van der Waals surface area contributed by atoms with E-state index in [9.17, 15) is 14.7 Å². The molecule has 3 aliphatic rings. The first-order chi connectivity index (χ1) is 20.2. The zero-order valence-corrected chi connectivity index (χ0v) is 25.5. The number of carbonyl (C=O) groups excluding carboxylic acids is 2. The topological polar surface area (TPSA) is 100 Å². The van der Waals surface area contributed by atoms with Crippen molar-refractivity contribution >= 4 is 42.2 Å². The van der Waals surface area contributed by atoms with E-state index < -0.39 is 13.7 Å². The second kappa shape index (κ2) is 10.8. The lowest BCUT2D eigenvalue weighted by Crippen LogP contribution is -2.51. The second-order valence-corrected chi connectivity index (χ2v) is 16.7. The molecule has 0 radical (unpaired) electrons. The van der Waals surface area contributed by atoms with Gasteiger partial charge in [-0.1, -0.05) is 67.7 Å². The van der Waals surface area contributed by atoms with Gasteiger partial charge in [-0.2, -0.15) is 5.10 Å². The van der Waals surface area contributed by atoms with Gasteiger partial charge >= 0.3 is 0 Å². The minimum atomic E-state index is -2.25. The van der Waals surface area contributed by atoms with E-state index in [0.29, 0.717) is 30.6 Å². The molecule has 0 aromatic heterocycles. The summed E-state index contributed by atoms with van der Waals surface area (Å²) in [5.74, 6) is 0.315. The highest BCUT2D eigenvalue weighted by Crippen LogP contribution is 2.59. The van der Waals surface area contributed by atoms with E-state index in [1.807, 2.05) is 60.7 Å². The quantitative estimate of drug-likeness (QED) is 0.390. The van der Waals surface area contributed by atoms with Crippen molar-refractivity contribution in [3.05, 3.63) is 83.9 Å². The number of methoxy groups -OCH3 is 1. The molecular formula is C33H37N3O5Si. The van der Waals surface area contributed by atoms with Crippen LogP contribution in [0.15, 0.2) is 77.9 Å². The van der Waals surface area contributed by atoms with Crippen molar-refractivity contribution in [3.8, 4) is 5.75 Å². The summed E-state index contributed by atoms with van der Waals surface area (Å²) in [6.45, 7) is 6.67. The monoisotopic (exact) mass is 583 g/mol. The van der Waals surface area contributed by atoms with E-state index in [1.165, 1.54) is 10.2 Å². The first-order valence-corrected chi connectivity index (χ1v) is 17.6. The summed E-state index contributed by atoms with van der Waals surface area (Å²) in [4.78, 5) is 27.0. The number of ether oxygens (including phenoxy) is 2. The second-order valence-electron chi connectivity index (χ2n) is 12.0. The van der Waals surface area contributed by atoms with Crippen LogP contribution in [0.3, 0.4) is 0 Å². The minimum Gasteiger partial charge on any atom is -0.497 e. The largest absolute Gasteiger partial charge is 0.497 e. The van der Waals surface area contributed by atoms with Gasteiger partial charge in [-0.15, -0.1) is 0 Å². The number of hydrazone groups is 1. The lowest BCUT2D eigenvalue weighted by Gasteiger charge is -2.37. The zero-order chi connectivity index (χ0) is 29.6. The zero-order valence-electron chi connectivity index (χ0n) is 24.5. The van der Waals surface area contributed by atoms with Gasteiger partial charge in [0.1, 0.15) is 5.75 Å². The number of nitrogens with one attached hydrogen (secondary N) is 1. The molecule has 0 unspecified atom stereocenters. The molecule has 1 fully saturated rings. The molecule has 1 spiro atoms. The van der Waals surface area contributed by atoms with Crippen molar-refractivity contribution in [1.29, 1.82) is 0 Å². The highest BCUT2D eigenvalue weighted by Gasteiger charge is 2.64. The molecule has 3 aromatic carbocycles. The Labute approximate surface area is 247 Å². The van der Waals surface area contributed by atoms with Crippen LogP contribution in [0.5, 0.6) is 5.75 Å². The maximum absolute atomic E-state index is 13.9. The fraction of sp³-hybridized carbons (Fsp3) is 0.364. The van der Waals surface area contributed by atoms with Crippen LogP contribution in [0.1, 0.15) is 37.3 Å². The third-order valence-electron chi connectivity index (χ3n) is 9.37. The van der Waals surface area contributed by atoms with E-state index in [4.69, 9.17) is 14.6 Å². The van der Waals surface area contributed by atoms with Crippen LogP contribution in [0.25, 0.3) is 0 Å². The predicted octanol–water partition coefficient (Wildman–Crippen LogP) is 4.78. The summed E-state index contributed by atoms with van der Waals surface area (Å²) in [7, 11) is -0.597. The normalized spacial score (nSPS) is 25.4. The summed E-state index contributed by atoms with van der Waals surface area (Å²) in [5, 5.41) is 20.6. The molecule has 3 aliphatic heterocycles. The molecule has 218 valence electrons. The number of carbonyl (C=O) groups is 2. The number of nitrogens with zero attached hydrogens (tertiary/aromatic N) is 2. The molecule has 4 atom stereocenters. The number of hydrogen-bond acceptors (Lipinski definition) is 6. The Morgan fingerprint density at radius 1 is 1.07 bits per heavy atom. The van der Waals surface area contributed by atoms with Crippen LogP contribution in [-0.2, 0) is 19.9 Å². The SMILES string of the molecule is COc1ccc([Si](C)(C)[C@H]2[C@H](CCO)O[C@@]3(C(=O)Nc4ccc(N5N=C(c6ccccc6)CCC5=O)cc43)[C@@H]2C)cc1. The summed E-state index contributed by atoms with van der Waals surface area (Å²) >= 11 is 0. The van der Waals surface area contributed by atoms with Crippen LogP contribution >= 0.6 is 0 Å². The Hall–Kier alpha value is -3.79. The van der Waals surface area contributed by atoms with Crippen molar-refractivity contribution in [2.24, 2.45) is 11.0 Å². The molecule has 0 bridgehead atoms. The van der Waals surface area contributed by atoms with Gasteiger partial charge in [0, 0.05) is 36.6 Å². The Balaban J connectivity index is 1.41. The summed E-state index contributed by atoms with van der Waals surface area (Å²) < 4.78 is 12.2. The lowest BCUT2D eigenvalue weighted by molar-refractivity contribution is -0.143. The Morgan fingerprint density at radius 2 is 1.81 bits per heavy atom. The third-order valence-corrected chi connectivity index (χ3v) is 13.7. The van der Waals surface area contributed by atoms with Crippen molar-refractivity contribution in [2.45, 2.75) is 56.5 Å². The molecule has 6 rings (SSSR count). The molecule has 0 aliphatic carbocycles. The highest BCUT2D eigenvalue weighted by molar-refractivity contribution is 6.91. The maximum atomic E-state index is 13.9. The fourth-order valence-electron chi connectivity index (χ4n) is 7.24. The van der Waals surface area contributed by atoms with Crippen molar-refractivity contribution in [3.63, 3.8) is 0 Å². The van der Waals surface area contributed by atoms with Crippen LogP contribution in [-0.4, -0.2) is 50.5 Å². The molecular weight excluding hydrogens is 546 g/mol. The molecule has 9 heteroatoms. The summed E-state index contributed by atoms with van der Waals surface area (Å²) in [5.41, 5.74) is 2.64. The van der Waals surface area contributed by atoms with E-state index in [1.54, 1.807) is 7.11 Å². The number of anilines is 2. The van der Waals surface area contributed by atoms with Gasteiger partial charge in [-0.3, -0.25) is 9.59 Å². The first-order valence-electron chi connectivity index (χ1n) is 14.6.